The highest BCUT2D eigenvalue weighted by molar-refractivity contribution is 7.99. The first-order valence-electron chi connectivity index (χ1n) is 8.69. The Morgan fingerprint density at radius 2 is 1.93 bits per heavy atom. The quantitative estimate of drug-likeness (QED) is 0.528. The fourth-order valence-corrected chi connectivity index (χ4v) is 3.77. The second-order valence-electron chi connectivity index (χ2n) is 5.92. The van der Waals surface area contributed by atoms with Gasteiger partial charge in [0.1, 0.15) is 0 Å². The van der Waals surface area contributed by atoms with E-state index in [1.54, 1.807) is 43.5 Å². The summed E-state index contributed by atoms with van der Waals surface area (Å²) in [4.78, 5) is 24.6. The number of amides is 2. The van der Waals surface area contributed by atoms with E-state index in [9.17, 15) is 9.59 Å². The number of ether oxygens (including phenoxy) is 1. The lowest BCUT2D eigenvalue weighted by Gasteiger charge is -2.11. The fraction of sp³-hybridized carbons (Fsp3) is 0.300. The molecule has 0 spiro atoms. The second-order valence-corrected chi connectivity index (χ2v) is 7.75. The Kier molecular flexibility index (Phi) is 9.64. The molecule has 2 rings (SSSR count). The molecule has 0 unspecified atom stereocenters. The van der Waals surface area contributed by atoms with Crippen LogP contribution in [0.15, 0.2) is 42.5 Å². The maximum atomic E-state index is 12.3. The number of methoxy groups -OCH3 is 1. The van der Waals surface area contributed by atoms with Gasteiger partial charge < -0.3 is 15.4 Å². The number of halogens is 2. The number of rotatable bonds is 10. The number of benzene rings is 2. The molecule has 28 heavy (non-hydrogen) atoms. The SMILES string of the molecule is COCCCNC(=O)c1ccccc1NC(=O)CSCc1ccc(Cl)cc1Cl. The number of carbonyl (C=O) groups excluding carboxylic acids is 2. The first-order chi connectivity index (χ1) is 13.5. The summed E-state index contributed by atoms with van der Waals surface area (Å²) in [6.45, 7) is 1.08. The number of carbonyl (C=O) groups is 2. The van der Waals surface area contributed by atoms with Crippen molar-refractivity contribution in [3.8, 4) is 0 Å². The van der Waals surface area contributed by atoms with Gasteiger partial charge in [0, 0.05) is 36.1 Å². The minimum absolute atomic E-state index is 0.185. The molecule has 0 aliphatic rings. The average Bonchev–Trinajstić information content (AvgIpc) is 2.67. The van der Waals surface area contributed by atoms with Crippen molar-refractivity contribution in [1.29, 1.82) is 0 Å². The lowest BCUT2D eigenvalue weighted by Crippen LogP contribution is -2.27. The minimum Gasteiger partial charge on any atom is -0.385 e. The molecule has 0 aromatic heterocycles. The van der Waals surface area contributed by atoms with E-state index in [4.69, 9.17) is 27.9 Å². The van der Waals surface area contributed by atoms with Crippen molar-refractivity contribution < 1.29 is 14.3 Å². The molecule has 0 saturated carbocycles. The third-order valence-electron chi connectivity index (χ3n) is 3.76. The highest BCUT2D eigenvalue weighted by Crippen LogP contribution is 2.25. The summed E-state index contributed by atoms with van der Waals surface area (Å²) in [6, 6.07) is 12.2. The molecular formula is C20H22Cl2N2O3S. The molecule has 0 heterocycles. The first-order valence-corrected chi connectivity index (χ1v) is 10.6. The largest absolute Gasteiger partial charge is 0.385 e. The van der Waals surface area contributed by atoms with E-state index in [1.807, 2.05) is 6.07 Å². The lowest BCUT2D eigenvalue weighted by atomic mass is 10.1. The van der Waals surface area contributed by atoms with Gasteiger partial charge in [-0.3, -0.25) is 9.59 Å². The first kappa shape index (κ1) is 22.6. The van der Waals surface area contributed by atoms with Crippen molar-refractivity contribution in [3.05, 3.63) is 63.6 Å². The number of hydrogen-bond donors (Lipinski definition) is 2. The highest BCUT2D eigenvalue weighted by Gasteiger charge is 2.13. The summed E-state index contributed by atoms with van der Waals surface area (Å²) >= 11 is 13.5. The summed E-state index contributed by atoms with van der Waals surface area (Å²) < 4.78 is 4.96. The predicted octanol–water partition coefficient (Wildman–Crippen LogP) is 4.63. The van der Waals surface area contributed by atoms with Crippen LogP contribution in [0.3, 0.4) is 0 Å². The Bertz CT molecular complexity index is 818. The molecular weight excluding hydrogens is 419 g/mol. The van der Waals surface area contributed by atoms with Crippen LogP contribution in [-0.4, -0.2) is 37.8 Å². The Labute approximate surface area is 179 Å². The summed E-state index contributed by atoms with van der Waals surface area (Å²) in [6.07, 6.45) is 0.723. The van der Waals surface area contributed by atoms with Crippen molar-refractivity contribution in [3.63, 3.8) is 0 Å². The van der Waals surface area contributed by atoms with Crippen molar-refractivity contribution in [2.75, 3.05) is 31.3 Å². The van der Waals surface area contributed by atoms with Crippen molar-refractivity contribution in [2.45, 2.75) is 12.2 Å². The molecule has 0 saturated heterocycles. The summed E-state index contributed by atoms with van der Waals surface area (Å²) in [5.41, 5.74) is 1.83. The van der Waals surface area contributed by atoms with Crippen LogP contribution in [0, 0.1) is 0 Å². The maximum absolute atomic E-state index is 12.3. The molecule has 2 aromatic carbocycles. The van der Waals surface area contributed by atoms with Gasteiger partial charge in [0.2, 0.25) is 5.91 Å². The molecule has 8 heteroatoms. The molecule has 0 aliphatic carbocycles. The van der Waals surface area contributed by atoms with Crippen LogP contribution in [0.25, 0.3) is 0 Å². The zero-order valence-corrected chi connectivity index (χ0v) is 17.8. The molecule has 150 valence electrons. The zero-order valence-electron chi connectivity index (χ0n) is 15.5. The topological polar surface area (TPSA) is 67.4 Å². The predicted molar refractivity (Wildman–Crippen MR) is 117 cm³/mol. The van der Waals surface area contributed by atoms with E-state index in [-0.39, 0.29) is 17.6 Å². The summed E-state index contributed by atoms with van der Waals surface area (Å²) in [5, 5.41) is 6.78. The van der Waals surface area contributed by atoms with E-state index >= 15 is 0 Å². The van der Waals surface area contributed by atoms with Crippen LogP contribution in [0.5, 0.6) is 0 Å². The third kappa shape index (κ3) is 7.36. The van der Waals surface area contributed by atoms with Crippen LogP contribution in [-0.2, 0) is 15.3 Å². The third-order valence-corrected chi connectivity index (χ3v) is 5.33. The second kappa shape index (κ2) is 12.0. The molecule has 0 atom stereocenters. The van der Waals surface area contributed by atoms with Crippen molar-refractivity contribution in [1.82, 2.24) is 5.32 Å². The monoisotopic (exact) mass is 440 g/mol. The Morgan fingerprint density at radius 1 is 1.14 bits per heavy atom. The molecule has 0 aliphatic heterocycles. The van der Waals surface area contributed by atoms with Crippen LogP contribution < -0.4 is 10.6 Å². The smallest absolute Gasteiger partial charge is 0.253 e. The Balaban J connectivity index is 1.87. The Morgan fingerprint density at radius 3 is 2.68 bits per heavy atom. The van der Waals surface area contributed by atoms with Gasteiger partial charge in [0.15, 0.2) is 0 Å². The summed E-state index contributed by atoms with van der Waals surface area (Å²) in [7, 11) is 1.62. The molecule has 0 bridgehead atoms. The van der Waals surface area contributed by atoms with E-state index in [2.05, 4.69) is 10.6 Å². The van der Waals surface area contributed by atoms with Gasteiger partial charge in [-0.25, -0.2) is 0 Å². The van der Waals surface area contributed by atoms with E-state index in [0.717, 1.165) is 12.0 Å². The van der Waals surface area contributed by atoms with Gasteiger partial charge in [0.25, 0.3) is 5.91 Å². The van der Waals surface area contributed by atoms with Gasteiger partial charge in [-0.1, -0.05) is 41.4 Å². The van der Waals surface area contributed by atoms with Crippen LogP contribution in [0.4, 0.5) is 5.69 Å². The molecule has 2 N–H and O–H groups in total. The number of anilines is 1. The summed E-state index contributed by atoms with van der Waals surface area (Å²) in [5.74, 6) is 0.413. The van der Waals surface area contributed by atoms with Crippen molar-refractivity contribution >= 4 is 52.5 Å². The number of thioether (sulfide) groups is 1. The van der Waals surface area contributed by atoms with Crippen LogP contribution in [0.1, 0.15) is 22.3 Å². The van der Waals surface area contributed by atoms with Gasteiger partial charge in [-0.2, -0.15) is 0 Å². The van der Waals surface area contributed by atoms with Crippen molar-refractivity contribution in [2.24, 2.45) is 0 Å². The molecule has 5 nitrogen and oxygen atoms in total. The standard InChI is InChI=1S/C20H22Cl2N2O3S/c1-27-10-4-9-23-20(26)16-5-2-3-6-18(16)24-19(25)13-28-12-14-7-8-15(21)11-17(14)22/h2-3,5-8,11H,4,9-10,12-13H2,1H3,(H,23,26)(H,24,25). The minimum atomic E-state index is -0.229. The zero-order chi connectivity index (χ0) is 20.4. The van der Waals surface area contributed by atoms with Gasteiger partial charge in [-0.15, -0.1) is 11.8 Å². The van der Waals surface area contributed by atoms with E-state index < -0.39 is 0 Å². The van der Waals surface area contributed by atoms with Gasteiger partial charge >= 0.3 is 0 Å². The number of para-hydroxylation sites is 1. The molecule has 0 fully saturated rings. The Hall–Kier alpha value is -1.73. The van der Waals surface area contributed by atoms with E-state index in [1.165, 1.54) is 11.8 Å². The average molecular weight is 441 g/mol. The number of hydrogen-bond acceptors (Lipinski definition) is 4. The van der Waals surface area contributed by atoms with E-state index in [0.29, 0.717) is 40.2 Å². The molecule has 2 aromatic rings. The van der Waals surface area contributed by atoms with Gasteiger partial charge in [-0.05, 0) is 36.2 Å². The van der Waals surface area contributed by atoms with Crippen LogP contribution in [0.2, 0.25) is 10.0 Å². The highest BCUT2D eigenvalue weighted by atomic mass is 35.5. The van der Waals surface area contributed by atoms with Crippen LogP contribution >= 0.6 is 35.0 Å². The fourth-order valence-electron chi connectivity index (χ4n) is 2.38. The lowest BCUT2D eigenvalue weighted by molar-refractivity contribution is -0.113. The number of nitrogens with one attached hydrogen (secondary N) is 2. The molecule has 0 radical (unpaired) electrons. The van der Waals surface area contributed by atoms with Gasteiger partial charge in [0.05, 0.1) is 17.0 Å². The maximum Gasteiger partial charge on any atom is 0.253 e. The molecule has 2 amide bonds. The normalized spacial score (nSPS) is 10.5.